The normalized spacial score (nSPS) is 11.0. The minimum absolute atomic E-state index is 0.0379. The van der Waals surface area contributed by atoms with Gasteiger partial charge in [0.1, 0.15) is 24.0 Å². The second-order valence-corrected chi connectivity index (χ2v) is 6.39. The number of rotatable bonds is 7. The van der Waals surface area contributed by atoms with Crippen molar-refractivity contribution in [2.24, 2.45) is 0 Å². The molecule has 0 radical (unpaired) electrons. The maximum Gasteiger partial charge on any atom is 0.416 e. The molecule has 29 heavy (non-hydrogen) atoms. The Morgan fingerprint density at radius 3 is 2.48 bits per heavy atom. The lowest BCUT2D eigenvalue weighted by Crippen LogP contribution is -2.28. The SMILES string of the molecule is Cc1[nH]c(=O)c(C#N)c(C)c1CCC(=O)NCCOc1ccc(C(F)(F)F)cc1. The number of H-pyrrole nitrogens is 1. The molecule has 0 aliphatic carbocycles. The molecule has 0 bridgehead atoms. The third-order valence-electron chi connectivity index (χ3n) is 4.40. The predicted molar refractivity (Wildman–Crippen MR) is 99.5 cm³/mol. The van der Waals surface area contributed by atoms with Crippen LogP contribution in [-0.4, -0.2) is 24.0 Å². The van der Waals surface area contributed by atoms with Gasteiger partial charge in [-0.25, -0.2) is 0 Å². The van der Waals surface area contributed by atoms with Crippen molar-refractivity contribution in [3.05, 3.63) is 62.6 Å². The number of nitrogens with zero attached hydrogens (tertiary/aromatic N) is 1. The van der Waals surface area contributed by atoms with Crippen LogP contribution in [0.3, 0.4) is 0 Å². The fraction of sp³-hybridized carbons (Fsp3) is 0.350. The molecule has 2 aromatic rings. The highest BCUT2D eigenvalue weighted by Gasteiger charge is 2.30. The monoisotopic (exact) mass is 407 g/mol. The zero-order valence-electron chi connectivity index (χ0n) is 15.9. The molecule has 154 valence electrons. The zero-order chi connectivity index (χ0) is 21.6. The van der Waals surface area contributed by atoms with E-state index in [1.807, 2.05) is 6.07 Å². The first-order valence-corrected chi connectivity index (χ1v) is 8.82. The average Bonchev–Trinajstić information content (AvgIpc) is 2.65. The number of halogens is 3. The Labute approximate surface area is 165 Å². The number of carbonyl (C=O) groups excluding carboxylic acids is 1. The van der Waals surface area contributed by atoms with Gasteiger partial charge < -0.3 is 15.0 Å². The number of aromatic amines is 1. The molecule has 0 saturated carbocycles. The first kappa shape index (κ1) is 22.0. The Bertz CT molecular complexity index is 974. The quantitative estimate of drug-likeness (QED) is 0.690. The molecule has 1 heterocycles. The molecule has 0 atom stereocenters. The first-order valence-electron chi connectivity index (χ1n) is 8.82. The number of nitrogens with one attached hydrogen (secondary N) is 2. The summed E-state index contributed by atoms with van der Waals surface area (Å²) in [7, 11) is 0. The highest BCUT2D eigenvalue weighted by Crippen LogP contribution is 2.30. The third-order valence-corrected chi connectivity index (χ3v) is 4.40. The van der Waals surface area contributed by atoms with Crippen LogP contribution >= 0.6 is 0 Å². The van der Waals surface area contributed by atoms with E-state index in [1.54, 1.807) is 13.8 Å². The summed E-state index contributed by atoms with van der Waals surface area (Å²) >= 11 is 0. The van der Waals surface area contributed by atoms with E-state index >= 15 is 0 Å². The molecule has 2 rings (SSSR count). The van der Waals surface area contributed by atoms with Crippen molar-refractivity contribution >= 4 is 5.91 Å². The topological polar surface area (TPSA) is 95.0 Å². The van der Waals surface area contributed by atoms with Gasteiger partial charge in [-0.1, -0.05) is 0 Å². The number of nitriles is 1. The Balaban J connectivity index is 1.80. The Kier molecular flexibility index (Phi) is 7.04. The van der Waals surface area contributed by atoms with Gasteiger partial charge in [0, 0.05) is 12.1 Å². The predicted octanol–water partition coefficient (Wildman–Crippen LogP) is 3.01. The second-order valence-electron chi connectivity index (χ2n) is 6.39. The van der Waals surface area contributed by atoms with Crippen molar-refractivity contribution in [2.75, 3.05) is 13.2 Å². The second kappa shape index (κ2) is 9.28. The molecule has 1 amide bonds. The number of amides is 1. The van der Waals surface area contributed by atoms with Crippen LogP contribution in [0.4, 0.5) is 13.2 Å². The number of pyridine rings is 1. The van der Waals surface area contributed by atoms with Crippen LogP contribution < -0.4 is 15.6 Å². The van der Waals surface area contributed by atoms with Crippen molar-refractivity contribution in [2.45, 2.75) is 32.9 Å². The largest absolute Gasteiger partial charge is 0.492 e. The summed E-state index contributed by atoms with van der Waals surface area (Å²) in [6.45, 7) is 3.67. The molecular weight excluding hydrogens is 387 g/mol. The number of aromatic nitrogens is 1. The van der Waals surface area contributed by atoms with Crippen molar-refractivity contribution in [3.8, 4) is 11.8 Å². The van der Waals surface area contributed by atoms with E-state index in [2.05, 4.69) is 10.3 Å². The van der Waals surface area contributed by atoms with E-state index in [0.717, 1.165) is 17.7 Å². The van der Waals surface area contributed by atoms with Crippen LogP contribution in [0.25, 0.3) is 0 Å². The van der Waals surface area contributed by atoms with E-state index in [1.165, 1.54) is 12.1 Å². The molecule has 0 aliphatic heterocycles. The molecular formula is C20H20F3N3O3. The summed E-state index contributed by atoms with van der Waals surface area (Å²) in [5.41, 5.74) is 0.757. The molecule has 1 aromatic heterocycles. The molecule has 0 fully saturated rings. The van der Waals surface area contributed by atoms with E-state index in [9.17, 15) is 22.8 Å². The molecule has 0 aliphatic rings. The Hall–Kier alpha value is -3.28. The van der Waals surface area contributed by atoms with Crippen molar-refractivity contribution in [1.82, 2.24) is 10.3 Å². The summed E-state index contributed by atoms with van der Waals surface area (Å²) < 4.78 is 42.8. The lowest BCUT2D eigenvalue weighted by molar-refractivity contribution is -0.137. The van der Waals surface area contributed by atoms with Crippen LogP contribution in [0, 0.1) is 25.2 Å². The lowest BCUT2D eigenvalue weighted by Gasteiger charge is -2.12. The summed E-state index contributed by atoms with van der Waals surface area (Å²) in [6.07, 6.45) is -3.89. The summed E-state index contributed by atoms with van der Waals surface area (Å²) in [5, 5.41) is 11.7. The van der Waals surface area contributed by atoms with Crippen LogP contribution in [0.5, 0.6) is 5.75 Å². The number of carbonyl (C=O) groups is 1. The molecule has 6 nitrogen and oxygen atoms in total. The fourth-order valence-electron chi connectivity index (χ4n) is 2.85. The zero-order valence-corrected chi connectivity index (χ0v) is 15.9. The smallest absolute Gasteiger partial charge is 0.416 e. The van der Waals surface area contributed by atoms with Gasteiger partial charge in [-0.05, 0) is 55.7 Å². The molecule has 0 unspecified atom stereocenters. The van der Waals surface area contributed by atoms with Gasteiger partial charge >= 0.3 is 6.18 Å². The van der Waals surface area contributed by atoms with Gasteiger partial charge in [0.2, 0.25) is 5.91 Å². The number of aryl methyl sites for hydroxylation is 1. The number of alkyl halides is 3. The number of hydrogen-bond donors (Lipinski definition) is 2. The number of hydrogen-bond acceptors (Lipinski definition) is 4. The molecule has 2 N–H and O–H groups in total. The third kappa shape index (κ3) is 5.85. The lowest BCUT2D eigenvalue weighted by atomic mass is 9.99. The molecule has 9 heteroatoms. The van der Waals surface area contributed by atoms with Gasteiger partial charge in [0.15, 0.2) is 0 Å². The van der Waals surface area contributed by atoms with Crippen LogP contribution in [0.2, 0.25) is 0 Å². The van der Waals surface area contributed by atoms with Gasteiger partial charge in [0.05, 0.1) is 12.1 Å². The molecule has 0 spiro atoms. The van der Waals surface area contributed by atoms with Gasteiger partial charge in [-0.15, -0.1) is 0 Å². The first-order chi connectivity index (χ1) is 13.6. The maximum absolute atomic E-state index is 12.5. The van der Waals surface area contributed by atoms with Crippen LogP contribution in [0.1, 0.15) is 34.4 Å². The van der Waals surface area contributed by atoms with E-state index in [0.29, 0.717) is 17.7 Å². The highest BCUT2D eigenvalue weighted by atomic mass is 19.4. The summed E-state index contributed by atoms with van der Waals surface area (Å²) in [5.74, 6) is 0.0281. The van der Waals surface area contributed by atoms with Gasteiger partial charge in [0.25, 0.3) is 5.56 Å². The maximum atomic E-state index is 12.5. The van der Waals surface area contributed by atoms with E-state index in [-0.39, 0.29) is 36.8 Å². The van der Waals surface area contributed by atoms with E-state index in [4.69, 9.17) is 10.00 Å². The molecule has 0 saturated heterocycles. The minimum Gasteiger partial charge on any atom is -0.492 e. The number of benzene rings is 1. The number of ether oxygens (including phenoxy) is 1. The summed E-state index contributed by atoms with van der Waals surface area (Å²) in [4.78, 5) is 26.3. The van der Waals surface area contributed by atoms with Gasteiger partial charge in [-0.2, -0.15) is 18.4 Å². The van der Waals surface area contributed by atoms with Crippen LogP contribution in [-0.2, 0) is 17.4 Å². The van der Waals surface area contributed by atoms with Crippen molar-refractivity contribution < 1.29 is 22.7 Å². The average molecular weight is 407 g/mol. The van der Waals surface area contributed by atoms with Crippen LogP contribution in [0.15, 0.2) is 29.1 Å². The fourth-order valence-corrected chi connectivity index (χ4v) is 2.85. The van der Waals surface area contributed by atoms with Gasteiger partial charge in [-0.3, -0.25) is 9.59 Å². The summed E-state index contributed by atoms with van der Waals surface area (Å²) in [6, 6.07) is 6.17. The minimum atomic E-state index is -4.40. The molecule has 1 aromatic carbocycles. The van der Waals surface area contributed by atoms with Crippen molar-refractivity contribution in [3.63, 3.8) is 0 Å². The van der Waals surface area contributed by atoms with E-state index < -0.39 is 17.3 Å². The Morgan fingerprint density at radius 2 is 1.90 bits per heavy atom. The van der Waals surface area contributed by atoms with Crippen molar-refractivity contribution in [1.29, 1.82) is 5.26 Å². The highest BCUT2D eigenvalue weighted by molar-refractivity contribution is 5.76. The Morgan fingerprint density at radius 1 is 1.24 bits per heavy atom. The standard InChI is InChI=1S/C20H20F3N3O3/c1-12-16(13(2)26-19(28)17(12)11-24)7-8-18(27)25-9-10-29-15-5-3-14(4-6-15)20(21,22)23/h3-6H,7-10H2,1-2H3,(H,25,27)(H,26,28).